The van der Waals surface area contributed by atoms with Crippen LogP contribution in [-0.2, 0) is 29.0 Å². The third-order valence-electron chi connectivity index (χ3n) is 0.902. The molecule has 2 N–H and O–H groups in total. The molecule has 0 radical (unpaired) electrons. The lowest BCUT2D eigenvalue weighted by Crippen LogP contribution is -2.00. The van der Waals surface area contributed by atoms with E-state index in [4.69, 9.17) is 0 Å². The zero-order valence-corrected chi connectivity index (χ0v) is 10.4. The van der Waals surface area contributed by atoms with Gasteiger partial charge in [-0.25, -0.2) is 0 Å². The van der Waals surface area contributed by atoms with E-state index in [1.54, 1.807) is 0 Å². The first kappa shape index (κ1) is 24.7. The molecule has 0 rings (SSSR count). The smallest absolute Gasteiger partial charge is 0.359 e. The van der Waals surface area contributed by atoms with E-state index < -0.39 is 42.7 Å². The van der Waals surface area contributed by atoms with Gasteiger partial charge in [0.2, 0.25) is 0 Å². The maximum atomic E-state index is 11.5. The Morgan fingerprint density at radius 2 is 0.810 bits per heavy atom. The van der Waals surface area contributed by atoms with Crippen molar-refractivity contribution in [2.75, 3.05) is 0 Å². The fraction of sp³-hybridized carbons (Fsp3) is 0. The van der Waals surface area contributed by atoms with Crippen LogP contribution >= 0.6 is 0 Å². The average molecular weight is 378 g/mol. The van der Waals surface area contributed by atoms with Crippen LogP contribution in [-0.4, -0.2) is 22.3 Å². The van der Waals surface area contributed by atoms with Gasteiger partial charge in [0.05, 0.1) is 0 Å². The van der Waals surface area contributed by atoms with E-state index in [1.165, 1.54) is 0 Å². The molecule has 0 aromatic carbocycles. The third kappa shape index (κ3) is 8.55. The van der Waals surface area contributed by atoms with Gasteiger partial charge in [-0.05, 0) is 9.05 Å². The van der Waals surface area contributed by atoms with Gasteiger partial charge >= 0.3 is 42.7 Å². The first-order valence-corrected chi connectivity index (χ1v) is 6.17. The summed E-state index contributed by atoms with van der Waals surface area (Å²) in [6, 6.07) is 0. The van der Waals surface area contributed by atoms with E-state index in [2.05, 4.69) is 0 Å². The molecule has 17 heteroatoms. The van der Waals surface area contributed by atoms with E-state index >= 15 is 0 Å². The highest BCUT2D eigenvalue weighted by Gasteiger charge is 2.26. The maximum Gasteiger partial charge on any atom is 0.359 e. The van der Waals surface area contributed by atoms with Crippen LogP contribution in [0.25, 0.3) is 0 Å². The summed E-state index contributed by atoms with van der Waals surface area (Å²) >= 11 is 0. The highest BCUT2D eigenvalue weighted by Crippen LogP contribution is 2.18. The molecule has 7 nitrogen and oxygen atoms in total. The van der Waals surface area contributed by atoms with Crippen molar-refractivity contribution < 1.29 is 66.5 Å². The fourth-order valence-corrected chi connectivity index (χ4v) is 0.733. The SMILES string of the molecule is O.O=S(=O)(OF)C(F)=C(F)F.O=S(=O)(OF)C(F)=C(F)F. The van der Waals surface area contributed by atoms with Crippen LogP contribution in [0.1, 0.15) is 0 Å². The second kappa shape index (κ2) is 9.60. The van der Waals surface area contributed by atoms with Gasteiger partial charge in [0, 0.05) is 0 Å². The van der Waals surface area contributed by atoms with Crippen LogP contribution in [0.5, 0.6) is 0 Å². The lowest BCUT2D eigenvalue weighted by molar-refractivity contribution is 0.00303. The van der Waals surface area contributed by atoms with Crippen LogP contribution < -0.4 is 0 Å². The van der Waals surface area contributed by atoms with Crippen LogP contribution in [0.3, 0.4) is 0 Å². The molecule has 0 saturated heterocycles. The zero-order chi connectivity index (χ0) is 16.7. The highest BCUT2D eigenvalue weighted by molar-refractivity contribution is 7.90. The molecule has 0 fully saturated rings. The summed E-state index contributed by atoms with van der Waals surface area (Å²) in [5.41, 5.74) is 0. The monoisotopic (exact) mass is 378 g/mol. The van der Waals surface area contributed by atoms with Crippen molar-refractivity contribution in [2.24, 2.45) is 0 Å². The van der Waals surface area contributed by atoms with Gasteiger partial charge in [0.1, 0.15) is 0 Å². The van der Waals surface area contributed by atoms with Crippen molar-refractivity contribution in [3.05, 3.63) is 22.5 Å². The molecule has 0 aliphatic heterocycles. The van der Waals surface area contributed by atoms with Gasteiger partial charge in [-0.3, -0.25) is 0 Å². The molecular weight excluding hydrogens is 376 g/mol. The fourth-order valence-electron chi connectivity index (χ4n) is 0.244. The first-order valence-electron chi connectivity index (χ1n) is 3.35. The molecule has 0 bridgehead atoms. The molecular formula is C4H2F8O7S2. The summed E-state index contributed by atoms with van der Waals surface area (Å²) in [5.74, 6) is 0. The minimum absolute atomic E-state index is 0. The van der Waals surface area contributed by atoms with Crippen molar-refractivity contribution >= 4 is 20.2 Å². The van der Waals surface area contributed by atoms with Gasteiger partial charge < -0.3 is 5.48 Å². The van der Waals surface area contributed by atoms with Crippen LogP contribution in [0.4, 0.5) is 35.4 Å². The summed E-state index contributed by atoms with van der Waals surface area (Å²) < 4.78 is 131. The quantitative estimate of drug-likeness (QED) is 0.687. The second-order valence-electron chi connectivity index (χ2n) is 2.10. The normalized spacial score (nSPS) is 10.7. The zero-order valence-electron chi connectivity index (χ0n) is 8.79. The van der Waals surface area contributed by atoms with Gasteiger partial charge in [0.25, 0.3) is 0 Å². The Kier molecular flexibility index (Phi) is 11.3. The van der Waals surface area contributed by atoms with Crippen molar-refractivity contribution in [1.29, 1.82) is 0 Å². The molecule has 0 aromatic rings. The Morgan fingerprint density at radius 1 is 0.619 bits per heavy atom. The molecule has 0 atom stereocenters. The Morgan fingerprint density at radius 3 is 0.857 bits per heavy atom. The molecule has 0 spiro atoms. The van der Waals surface area contributed by atoms with Crippen molar-refractivity contribution in [2.45, 2.75) is 0 Å². The number of hydrogen-bond acceptors (Lipinski definition) is 6. The predicted molar refractivity (Wildman–Crippen MR) is 46.5 cm³/mol. The lowest BCUT2D eigenvalue weighted by atomic mass is 11.1. The number of halogens is 8. The molecule has 0 heterocycles. The summed E-state index contributed by atoms with van der Waals surface area (Å²) in [4.78, 5) is 0. The van der Waals surface area contributed by atoms with Crippen molar-refractivity contribution in [1.82, 2.24) is 0 Å². The molecule has 21 heavy (non-hydrogen) atoms. The Bertz CT molecular complexity index is 530. The van der Waals surface area contributed by atoms with Gasteiger partial charge in [-0.2, -0.15) is 43.2 Å². The van der Waals surface area contributed by atoms with E-state index in [-0.39, 0.29) is 5.48 Å². The Hall–Kier alpha value is -1.30. The molecule has 0 aliphatic rings. The van der Waals surface area contributed by atoms with Crippen LogP contribution in [0.15, 0.2) is 22.5 Å². The van der Waals surface area contributed by atoms with Crippen molar-refractivity contribution in [3.63, 3.8) is 0 Å². The maximum absolute atomic E-state index is 11.5. The molecule has 0 amide bonds. The topological polar surface area (TPSA) is 118 Å². The molecule has 128 valence electrons. The van der Waals surface area contributed by atoms with E-state index in [0.29, 0.717) is 0 Å². The van der Waals surface area contributed by atoms with Crippen LogP contribution in [0.2, 0.25) is 0 Å². The summed E-state index contributed by atoms with van der Waals surface area (Å²) in [6.45, 7) is 0. The molecule has 0 saturated carbocycles. The first-order chi connectivity index (χ1) is 8.83. The summed E-state index contributed by atoms with van der Waals surface area (Å²) in [5, 5.41) is -5.84. The van der Waals surface area contributed by atoms with Gasteiger partial charge in [-0.1, -0.05) is 8.78 Å². The Balaban J connectivity index is -0.000000295. The number of hydrogen-bond donors (Lipinski definition) is 0. The lowest BCUT2D eigenvalue weighted by Gasteiger charge is -1.89. The number of rotatable bonds is 4. The Labute approximate surface area is 110 Å². The van der Waals surface area contributed by atoms with E-state index in [1.807, 2.05) is 8.78 Å². The summed E-state index contributed by atoms with van der Waals surface area (Å²) in [6.07, 6.45) is -6.31. The predicted octanol–water partition coefficient (Wildman–Crippen LogP) is 1.68. The molecule has 0 aliphatic carbocycles. The molecule has 0 aromatic heterocycles. The minimum Gasteiger partial charge on any atom is -0.412 e. The summed E-state index contributed by atoms with van der Waals surface area (Å²) in [7, 11) is -11.0. The highest BCUT2D eigenvalue weighted by atomic mass is 32.2. The minimum atomic E-state index is -5.50. The van der Waals surface area contributed by atoms with Crippen molar-refractivity contribution in [3.8, 4) is 0 Å². The molecule has 0 unspecified atom stereocenters. The largest absolute Gasteiger partial charge is 0.412 e. The van der Waals surface area contributed by atoms with Crippen LogP contribution in [0, 0.1) is 0 Å². The third-order valence-corrected chi connectivity index (χ3v) is 2.42. The van der Waals surface area contributed by atoms with Gasteiger partial charge in [-0.15, -0.1) is 0 Å². The standard InChI is InChI=1S/2C2F4O3S.H2O/c2*3-1(4)2(5)10(7,8)9-6;/h;;1H2. The van der Waals surface area contributed by atoms with E-state index in [9.17, 15) is 52.2 Å². The second-order valence-corrected chi connectivity index (χ2v) is 4.89. The van der Waals surface area contributed by atoms with Gasteiger partial charge in [0.15, 0.2) is 0 Å². The van der Waals surface area contributed by atoms with E-state index in [0.717, 1.165) is 0 Å². The average Bonchev–Trinajstić information content (AvgIpc) is 2.37.